The van der Waals surface area contributed by atoms with Crippen LogP contribution in [0.5, 0.6) is 5.75 Å². The molecule has 3 amide bonds. The van der Waals surface area contributed by atoms with Crippen LogP contribution >= 0.6 is 0 Å². The molecule has 0 spiro atoms. The predicted octanol–water partition coefficient (Wildman–Crippen LogP) is 0.915. The van der Waals surface area contributed by atoms with Gasteiger partial charge in [-0.25, -0.2) is 0 Å². The number of anilines is 1. The minimum atomic E-state index is -2.78. The van der Waals surface area contributed by atoms with Gasteiger partial charge in [-0.3, -0.25) is 33.8 Å². The molecule has 0 saturated heterocycles. The molecule has 13 heteroatoms. The topological polar surface area (TPSA) is 188 Å². The Kier molecular flexibility index (Phi) is 6.86. The zero-order valence-corrected chi connectivity index (χ0v) is 25.0. The number of fused-ring (bicyclic) bond motifs is 4. The molecule has 6 rings (SSSR count). The van der Waals surface area contributed by atoms with E-state index in [1.54, 1.807) is 37.2 Å². The Balaban J connectivity index is 1.40. The van der Waals surface area contributed by atoms with Gasteiger partial charge in [0.2, 0.25) is 5.78 Å². The smallest absolute Gasteiger partial charge is 0.263 e. The lowest BCUT2D eigenvalue weighted by Gasteiger charge is -2.50. The first-order valence-corrected chi connectivity index (χ1v) is 14.3. The van der Waals surface area contributed by atoms with E-state index in [0.29, 0.717) is 11.3 Å². The number of phenols is 1. The van der Waals surface area contributed by atoms with Gasteiger partial charge in [-0.05, 0) is 62.7 Å². The highest BCUT2D eigenvalue weighted by Crippen LogP contribution is 2.53. The van der Waals surface area contributed by atoms with Crippen LogP contribution in [0.25, 0.3) is 5.76 Å². The maximum absolute atomic E-state index is 14.2. The second-order valence-corrected chi connectivity index (χ2v) is 12.2. The molecule has 0 unspecified atom stereocenters. The molecule has 1 saturated carbocycles. The number of aliphatic hydroxyl groups is 3. The number of likely N-dealkylation sites (N-methyl/N-ethyl adjacent to an activating group) is 1. The van der Waals surface area contributed by atoms with Crippen molar-refractivity contribution in [3.05, 3.63) is 75.6 Å². The number of ketones is 2. The number of carbonyl (C=O) groups excluding carboxylic acids is 5. The van der Waals surface area contributed by atoms with E-state index in [-0.39, 0.29) is 40.9 Å². The number of amides is 3. The van der Waals surface area contributed by atoms with Gasteiger partial charge in [-0.15, -0.1) is 0 Å². The lowest BCUT2D eigenvalue weighted by molar-refractivity contribution is -0.153. The molecule has 1 aliphatic heterocycles. The SMILES string of the molecule is CN(C)c1ccc(O)c2c1C[C@H]1C[C@H]3[C@H](N(C)C)C(=O)C(C(=O)NCN4C(=O)c5ccccc5C4=O)=C(O)[C@@]3(O)C(=O)C1=C2O. The summed E-state index contributed by atoms with van der Waals surface area (Å²) in [5.74, 6) is -8.39. The number of imide groups is 1. The van der Waals surface area contributed by atoms with Gasteiger partial charge in [0.25, 0.3) is 17.7 Å². The van der Waals surface area contributed by atoms with Crippen molar-refractivity contribution in [1.29, 1.82) is 0 Å². The summed E-state index contributed by atoms with van der Waals surface area (Å²) in [6, 6.07) is 7.92. The third-order valence-electron chi connectivity index (χ3n) is 9.32. The first-order valence-electron chi connectivity index (χ1n) is 14.3. The number of aromatic hydroxyl groups is 1. The zero-order chi connectivity index (χ0) is 32.7. The lowest BCUT2D eigenvalue weighted by atomic mass is 9.57. The molecular weight excluding hydrogens is 584 g/mol. The first kappa shape index (κ1) is 30.0. The van der Waals surface area contributed by atoms with Crippen molar-refractivity contribution in [2.45, 2.75) is 24.5 Å². The van der Waals surface area contributed by atoms with Crippen LogP contribution in [0.4, 0.5) is 5.69 Å². The second kappa shape index (κ2) is 10.3. The van der Waals surface area contributed by atoms with Gasteiger partial charge in [0.15, 0.2) is 11.4 Å². The van der Waals surface area contributed by atoms with Crippen molar-refractivity contribution in [1.82, 2.24) is 15.1 Å². The number of rotatable bonds is 5. The van der Waals surface area contributed by atoms with Crippen molar-refractivity contribution in [2.75, 3.05) is 39.8 Å². The fourth-order valence-corrected chi connectivity index (χ4v) is 7.25. The van der Waals surface area contributed by atoms with Gasteiger partial charge >= 0.3 is 0 Å². The number of aliphatic hydroxyl groups excluding tert-OH is 2. The summed E-state index contributed by atoms with van der Waals surface area (Å²) >= 11 is 0. The van der Waals surface area contributed by atoms with E-state index < -0.39 is 76.5 Å². The van der Waals surface area contributed by atoms with E-state index >= 15 is 0 Å². The first-order chi connectivity index (χ1) is 21.2. The van der Waals surface area contributed by atoms with E-state index in [0.717, 1.165) is 4.90 Å². The average molecular weight is 617 g/mol. The third kappa shape index (κ3) is 4.11. The minimum absolute atomic E-state index is 0.0216. The molecule has 0 aromatic heterocycles. The Labute approximate surface area is 257 Å². The molecule has 5 N–H and O–H groups in total. The molecule has 2 aromatic carbocycles. The molecule has 0 bridgehead atoms. The number of nitrogens with zero attached hydrogens (tertiary/aromatic N) is 3. The van der Waals surface area contributed by atoms with Crippen molar-refractivity contribution < 1.29 is 44.4 Å². The van der Waals surface area contributed by atoms with Gasteiger partial charge in [0.05, 0.1) is 22.7 Å². The number of benzene rings is 2. The van der Waals surface area contributed by atoms with Crippen LogP contribution in [0.3, 0.4) is 0 Å². The molecule has 3 aliphatic carbocycles. The highest BCUT2D eigenvalue weighted by atomic mass is 16.3. The molecule has 4 aliphatic rings. The van der Waals surface area contributed by atoms with Crippen molar-refractivity contribution >= 4 is 40.7 Å². The maximum Gasteiger partial charge on any atom is 0.263 e. The Bertz CT molecular complexity index is 1760. The fraction of sp³-hybridized carbons (Fsp3) is 0.344. The normalized spacial score (nSPS) is 25.7. The van der Waals surface area contributed by atoms with Crippen molar-refractivity contribution in [3.8, 4) is 5.75 Å². The van der Waals surface area contributed by atoms with E-state index in [4.69, 9.17) is 0 Å². The van der Waals surface area contributed by atoms with Gasteiger partial charge in [-0.1, -0.05) is 12.1 Å². The quantitative estimate of drug-likeness (QED) is 0.237. The standard InChI is InChI=1S/C32H32N4O9/c1-34(2)19-9-10-20(37)22-17(19)11-14-12-18-24(35(3)4)26(39)23(28(41)32(18,45)27(40)21(14)25(22)38)29(42)33-13-36-30(43)15-7-5-6-8-16(15)31(36)44/h5-10,14,18,24,37-38,41,45H,11-13H2,1-4H3,(H,33,42)/t14-,18-,24-,32-/m0/s1. The largest absolute Gasteiger partial charge is 0.508 e. The number of carbonyl (C=O) groups is 5. The Hall–Kier alpha value is -5.01. The monoisotopic (exact) mass is 616 g/mol. The minimum Gasteiger partial charge on any atom is -0.508 e. The van der Waals surface area contributed by atoms with E-state index in [1.807, 2.05) is 0 Å². The van der Waals surface area contributed by atoms with Crippen molar-refractivity contribution in [3.63, 3.8) is 0 Å². The molecule has 1 heterocycles. The number of phenolic OH excluding ortho intramolecular Hbond substituents is 1. The molecule has 234 valence electrons. The van der Waals surface area contributed by atoms with Crippen LogP contribution in [0.15, 0.2) is 53.3 Å². The Morgan fingerprint density at radius 2 is 1.60 bits per heavy atom. The van der Waals surface area contributed by atoms with Gasteiger partial charge in [-0.2, -0.15) is 0 Å². The lowest BCUT2D eigenvalue weighted by Crippen LogP contribution is -2.66. The van der Waals surface area contributed by atoms with Crippen LogP contribution in [0.1, 0.15) is 38.3 Å². The Morgan fingerprint density at radius 1 is 0.978 bits per heavy atom. The predicted molar refractivity (Wildman–Crippen MR) is 159 cm³/mol. The molecule has 0 radical (unpaired) electrons. The van der Waals surface area contributed by atoms with Gasteiger partial charge in [0.1, 0.15) is 29.5 Å². The van der Waals surface area contributed by atoms with Crippen LogP contribution in [0, 0.1) is 11.8 Å². The summed E-state index contributed by atoms with van der Waals surface area (Å²) in [5, 5.41) is 47.8. The summed E-state index contributed by atoms with van der Waals surface area (Å²) in [4.78, 5) is 71.0. The molecule has 45 heavy (non-hydrogen) atoms. The molecule has 13 nitrogen and oxygen atoms in total. The van der Waals surface area contributed by atoms with Crippen LogP contribution in [0.2, 0.25) is 0 Å². The fourth-order valence-electron chi connectivity index (χ4n) is 7.25. The highest BCUT2D eigenvalue weighted by Gasteiger charge is 2.64. The molecular formula is C32H32N4O9. The number of hydrogen-bond acceptors (Lipinski definition) is 11. The van der Waals surface area contributed by atoms with Crippen LogP contribution in [-0.4, -0.2) is 106 Å². The summed E-state index contributed by atoms with van der Waals surface area (Å²) < 4.78 is 0. The van der Waals surface area contributed by atoms with E-state index in [1.165, 1.54) is 37.2 Å². The van der Waals surface area contributed by atoms with Crippen molar-refractivity contribution in [2.24, 2.45) is 11.8 Å². The van der Waals surface area contributed by atoms with E-state index in [2.05, 4.69) is 5.32 Å². The summed E-state index contributed by atoms with van der Waals surface area (Å²) in [6.45, 7) is -0.643. The third-order valence-corrected chi connectivity index (χ3v) is 9.32. The number of nitrogens with one attached hydrogen (secondary N) is 1. The number of Topliss-reactive ketones (excluding diaryl/α,β-unsaturated/α-hetero) is 2. The zero-order valence-electron chi connectivity index (χ0n) is 25.0. The second-order valence-electron chi connectivity index (χ2n) is 12.2. The van der Waals surface area contributed by atoms with Crippen LogP contribution in [-0.2, 0) is 20.8 Å². The molecule has 4 atom stereocenters. The van der Waals surface area contributed by atoms with Gasteiger partial charge in [0, 0.05) is 31.3 Å². The van der Waals surface area contributed by atoms with E-state index in [9.17, 15) is 44.4 Å². The summed E-state index contributed by atoms with van der Waals surface area (Å²) in [7, 11) is 6.65. The molecule has 1 fully saturated rings. The molecule has 2 aromatic rings. The number of hydrogen-bond donors (Lipinski definition) is 5. The van der Waals surface area contributed by atoms with Crippen LogP contribution < -0.4 is 10.2 Å². The summed E-state index contributed by atoms with van der Waals surface area (Å²) in [5.41, 5.74) is -2.30. The maximum atomic E-state index is 14.2. The summed E-state index contributed by atoms with van der Waals surface area (Å²) in [6.07, 6.45) is 0.174. The van der Waals surface area contributed by atoms with Gasteiger partial charge < -0.3 is 30.6 Å². The Morgan fingerprint density at radius 3 is 2.18 bits per heavy atom. The average Bonchev–Trinajstić information content (AvgIpc) is 3.22. The highest BCUT2D eigenvalue weighted by molar-refractivity contribution is 6.25.